The molecular formula is C15H22FN3OS. The average molecular weight is 311 g/mol. The second kappa shape index (κ2) is 7.56. The fourth-order valence-corrected chi connectivity index (χ4v) is 2.80. The Kier molecular flexibility index (Phi) is 5.76. The Morgan fingerprint density at radius 1 is 1.29 bits per heavy atom. The molecule has 1 saturated heterocycles. The summed E-state index contributed by atoms with van der Waals surface area (Å²) in [5.41, 5.74) is 1.06. The van der Waals surface area contributed by atoms with Gasteiger partial charge >= 0.3 is 0 Å². The van der Waals surface area contributed by atoms with Crippen molar-refractivity contribution in [1.82, 2.24) is 10.2 Å². The Morgan fingerprint density at radius 3 is 2.48 bits per heavy atom. The van der Waals surface area contributed by atoms with Crippen LogP contribution in [0.2, 0.25) is 0 Å². The Hall–Kier alpha value is -1.40. The number of piperazine rings is 1. The van der Waals surface area contributed by atoms with E-state index in [1.807, 2.05) is 19.1 Å². The highest BCUT2D eigenvalue weighted by molar-refractivity contribution is 7.80. The number of rotatable bonds is 4. The third-order valence-corrected chi connectivity index (χ3v) is 3.92. The van der Waals surface area contributed by atoms with E-state index in [-0.39, 0.29) is 11.9 Å². The number of hydrogen-bond donors (Lipinski definition) is 1. The van der Waals surface area contributed by atoms with E-state index in [0.717, 1.165) is 37.0 Å². The first-order valence-electron chi connectivity index (χ1n) is 7.15. The van der Waals surface area contributed by atoms with Crippen molar-refractivity contribution in [3.63, 3.8) is 0 Å². The predicted octanol–water partition coefficient (Wildman–Crippen LogP) is 1.86. The molecule has 4 nitrogen and oxygen atoms in total. The summed E-state index contributed by atoms with van der Waals surface area (Å²) in [7, 11) is 1.68. The summed E-state index contributed by atoms with van der Waals surface area (Å²) in [4.78, 5) is 4.42. The fraction of sp³-hybridized carbons (Fsp3) is 0.533. The number of thiocarbonyl (C=S) groups is 1. The van der Waals surface area contributed by atoms with Gasteiger partial charge in [-0.2, -0.15) is 0 Å². The zero-order valence-electron chi connectivity index (χ0n) is 12.5. The molecule has 0 spiro atoms. The first-order valence-corrected chi connectivity index (χ1v) is 7.56. The van der Waals surface area contributed by atoms with Gasteiger partial charge in [-0.25, -0.2) is 4.39 Å². The molecule has 1 aromatic rings. The van der Waals surface area contributed by atoms with Crippen LogP contribution in [0, 0.1) is 5.82 Å². The van der Waals surface area contributed by atoms with E-state index >= 15 is 0 Å². The van der Waals surface area contributed by atoms with Crippen LogP contribution in [0.15, 0.2) is 24.3 Å². The van der Waals surface area contributed by atoms with Crippen molar-refractivity contribution in [3.8, 4) is 0 Å². The quantitative estimate of drug-likeness (QED) is 0.857. The minimum absolute atomic E-state index is 0.199. The van der Waals surface area contributed by atoms with E-state index < -0.39 is 0 Å². The minimum Gasteiger partial charge on any atom is -0.383 e. The third kappa shape index (κ3) is 4.54. The van der Waals surface area contributed by atoms with Crippen LogP contribution in [0.1, 0.15) is 6.92 Å². The Bertz CT molecular complexity index is 460. The van der Waals surface area contributed by atoms with Crippen LogP contribution >= 0.6 is 12.2 Å². The van der Waals surface area contributed by atoms with E-state index in [9.17, 15) is 4.39 Å². The van der Waals surface area contributed by atoms with Gasteiger partial charge in [0.05, 0.1) is 6.61 Å². The van der Waals surface area contributed by atoms with Gasteiger partial charge in [-0.15, -0.1) is 0 Å². The van der Waals surface area contributed by atoms with Gasteiger partial charge in [0.1, 0.15) is 5.82 Å². The van der Waals surface area contributed by atoms with E-state index in [2.05, 4.69) is 15.1 Å². The standard InChI is InChI=1S/C15H22FN3OS/c1-12(11-20-2)17-15(21)19-9-7-18(8-10-19)14-5-3-13(16)4-6-14/h3-6,12H,7-11H2,1-2H3,(H,17,21). The van der Waals surface area contributed by atoms with Gasteiger partial charge < -0.3 is 19.9 Å². The summed E-state index contributed by atoms with van der Waals surface area (Å²) < 4.78 is 18.0. The Morgan fingerprint density at radius 2 is 1.90 bits per heavy atom. The van der Waals surface area contributed by atoms with E-state index in [0.29, 0.717) is 6.61 Å². The van der Waals surface area contributed by atoms with Gasteiger partial charge in [-0.05, 0) is 43.4 Å². The number of methoxy groups -OCH3 is 1. The van der Waals surface area contributed by atoms with Crippen LogP contribution in [0.5, 0.6) is 0 Å². The molecule has 1 aromatic carbocycles. The van der Waals surface area contributed by atoms with Crippen molar-refractivity contribution < 1.29 is 9.13 Å². The molecule has 1 unspecified atom stereocenters. The first-order chi connectivity index (χ1) is 10.1. The van der Waals surface area contributed by atoms with Crippen LogP contribution in [-0.4, -0.2) is 55.9 Å². The van der Waals surface area contributed by atoms with Crippen molar-refractivity contribution >= 4 is 23.0 Å². The molecule has 1 atom stereocenters. The van der Waals surface area contributed by atoms with Gasteiger partial charge in [0.25, 0.3) is 0 Å². The lowest BCUT2D eigenvalue weighted by Gasteiger charge is -2.38. The SMILES string of the molecule is COCC(C)NC(=S)N1CCN(c2ccc(F)cc2)CC1. The second-order valence-electron chi connectivity index (χ2n) is 5.26. The molecular weight excluding hydrogens is 289 g/mol. The van der Waals surface area contributed by atoms with Gasteiger partial charge in [-0.3, -0.25) is 0 Å². The Labute approximate surface area is 130 Å². The van der Waals surface area contributed by atoms with Gasteiger partial charge in [0, 0.05) is 45.0 Å². The lowest BCUT2D eigenvalue weighted by molar-refractivity contribution is 0.177. The summed E-state index contributed by atoms with van der Waals surface area (Å²) in [6.45, 7) is 6.17. The summed E-state index contributed by atoms with van der Waals surface area (Å²) in [6.07, 6.45) is 0. The number of nitrogens with zero attached hydrogens (tertiary/aromatic N) is 2. The highest BCUT2D eigenvalue weighted by Crippen LogP contribution is 2.16. The van der Waals surface area contributed by atoms with Crippen LogP contribution in [0.3, 0.4) is 0 Å². The number of nitrogens with one attached hydrogen (secondary N) is 1. The molecule has 1 aliphatic rings. The van der Waals surface area contributed by atoms with E-state index in [4.69, 9.17) is 17.0 Å². The molecule has 0 aliphatic carbocycles. The van der Waals surface area contributed by atoms with Crippen molar-refractivity contribution in [2.24, 2.45) is 0 Å². The molecule has 0 saturated carbocycles. The Balaban J connectivity index is 1.82. The highest BCUT2D eigenvalue weighted by Gasteiger charge is 2.19. The number of hydrogen-bond acceptors (Lipinski definition) is 3. The van der Waals surface area contributed by atoms with E-state index in [1.165, 1.54) is 12.1 Å². The summed E-state index contributed by atoms with van der Waals surface area (Å²) in [5.74, 6) is -0.199. The molecule has 0 bridgehead atoms. The molecule has 2 rings (SSSR count). The fourth-order valence-electron chi connectivity index (χ4n) is 2.41. The number of anilines is 1. The summed E-state index contributed by atoms with van der Waals surface area (Å²) in [5, 5.41) is 4.05. The first kappa shape index (κ1) is 16.0. The largest absolute Gasteiger partial charge is 0.383 e. The maximum atomic E-state index is 12.9. The molecule has 1 heterocycles. The molecule has 1 N–H and O–H groups in total. The number of halogens is 1. The van der Waals surface area contributed by atoms with Crippen molar-refractivity contribution in [2.75, 3.05) is 44.8 Å². The average Bonchev–Trinajstić information content (AvgIpc) is 2.48. The lowest BCUT2D eigenvalue weighted by Crippen LogP contribution is -2.53. The smallest absolute Gasteiger partial charge is 0.169 e. The molecule has 1 aliphatic heterocycles. The van der Waals surface area contributed by atoms with Gasteiger partial charge in [0.15, 0.2) is 5.11 Å². The molecule has 6 heteroatoms. The zero-order chi connectivity index (χ0) is 15.2. The number of ether oxygens (including phenoxy) is 1. The molecule has 1 fully saturated rings. The van der Waals surface area contributed by atoms with Crippen LogP contribution in [0.25, 0.3) is 0 Å². The maximum absolute atomic E-state index is 12.9. The van der Waals surface area contributed by atoms with Gasteiger partial charge in [-0.1, -0.05) is 0 Å². The van der Waals surface area contributed by atoms with E-state index in [1.54, 1.807) is 7.11 Å². The molecule has 116 valence electrons. The molecule has 21 heavy (non-hydrogen) atoms. The molecule has 0 radical (unpaired) electrons. The molecule has 0 aromatic heterocycles. The zero-order valence-corrected chi connectivity index (χ0v) is 13.3. The van der Waals surface area contributed by atoms with Crippen molar-refractivity contribution in [2.45, 2.75) is 13.0 Å². The predicted molar refractivity (Wildman–Crippen MR) is 87.3 cm³/mol. The topological polar surface area (TPSA) is 27.7 Å². The number of benzene rings is 1. The normalized spacial score (nSPS) is 16.7. The second-order valence-corrected chi connectivity index (χ2v) is 5.64. The van der Waals surface area contributed by atoms with Crippen LogP contribution in [0.4, 0.5) is 10.1 Å². The summed E-state index contributed by atoms with van der Waals surface area (Å²) >= 11 is 5.43. The molecule has 0 amide bonds. The van der Waals surface area contributed by atoms with Crippen LogP contribution in [-0.2, 0) is 4.74 Å². The highest BCUT2D eigenvalue weighted by atomic mass is 32.1. The maximum Gasteiger partial charge on any atom is 0.169 e. The van der Waals surface area contributed by atoms with Gasteiger partial charge in [0.2, 0.25) is 0 Å². The van der Waals surface area contributed by atoms with Crippen molar-refractivity contribution in [1.29, 1.82) is 0 Å². The monoisotopic (exact) mass is 311 g/mol. The minimum atomic E-state index is -0.199. The van der Waals surface area contributed by atoms with Crippen LogP contribution < -0.4 is 10.2 Å². The summed E-state index contributed by atoms with van der Waals surface area (Å²) in [6, 6.07) is 6.85. The third-order valence-electron chi connectivity index (χ3n) is 3.55. The van der Waals surface area contributed by atoms with Crippen molar-refractivity contribution in [3.05, 3.63) is 30.1 Å². The lowest BCUT2D eigenvalue weighted by atomic mass is 10.2.